The lowest BCUT2D eigenvalue weighted by molar-refractivity contribution is 0.164. The van der Waals surface area contributed by atoms with Crippen LogP contribution in [0.25, 0.3) is 11.0 Å². The molecule has 0 saturated carbocycles. The van der Waals surface area contributed by atoms with Crippen molar-refractivity contribution in [2.24, 2.45) is 7.05 Å². The van der Waals surface area contributed by atoms with Crippen molar-refractivity contribution in [1.82, 2.24) is 24.5 Å². The molecule has 1 unspecified atom stereocenters. The first kappa shape index (κ1) is 15.6. The average molecular weight is 340 g/mol. The fraction of sp³-hybridized carbons (Fsp3) is 0.412. The molecule has 0 aliphatic carbocycles. The molecule has 25 heavy (non-hydrogen) atoms. The Morgan fingerprint density at radius 1 is 1.16 bits per heavy atom. The molecular formula is C17H20N6O2. The van der Waals surface area contributed by atoms with E-state index in [4.69, 9.17) is 9.47 Å². The molecule has 0 aromatic carbocycles. The maximum atomic E-state index is 5.96. The molecule has 1 atom stereocenters. The van der Waals surface area contributed by atoms with Crippen molar-refractivity contribution >= 4 is 16.9 Å². The molecule has 3 aromatic rings. The number of aromatic nitrogens is 5. The quantitative estimate of drug-likeness (QED) is 0.717. The Balaban J connectivity index is 1.52. The maximum absolute atomic E-state index is 5.96. The summed E-state index contributed by atoms with van der Waals surface area (Å²) in [5, 5.41) is 1.06. The zero-order valence-corrected chi connectivity index (χ0v) is 14.3. The number of rotatable bonds is 4. The van der Waals surface area contributed by atoms with Crippen molar-refractivity contribution in [3.8, 4) is 11.8 Å². The molecule has 1 saturated heterocycles. The third-order valence-electron chi connectivity index (χ3n) is 4.43. The van der Waals surface area contributed by atoms with Gasteiger partial charge in [-0.2, -0.15) is 9.97 Å². The van der Waals surface area contributed by atoms with Crippen LogP contribution in [-0.2, 0) is 7.05 Å². The van der Waals surface area contributed by atoms with Gasteiger partial charge in [0.2, 0.25) is 0 Å². The van der Waals surface area contributed by atoms with Gasteiger partial charge in [-0.3, -0.25) is 0 Å². The monoisotopic (exact) mass is 340 g/mol. The summed E-state index contributed by atoms with van der Waals surface area (Å²) >= 11 is 0. The minimum Gasteiger partial charge on any atom is -0.494 e. The largest absolute Gasteiger partial charge is 0.494 e. The Morgan fingerprint density at radius 2 is 2.00 bits per heavy atom. The van der Waals surface area contributed by atoms with Crippen molar-refractivity contribution < 1.29 is 9.47 Å². The van der Waals surface area contributed by atoms with Gasteiger partial charge in [-0.25, -0.2) is 9.97 Å². The number of piperidine rings is 1. The van der Waals surface area contributed by atoms with Crippen molar-refractivity contribution in [3.63, 3.8) is 0 Å². The normalized spacial score (nSPS) is 17.7. The van der Waals surface area contributed by atoms with Crippen LogP contribution in [0.1, 0.15) is 12.8 Å². The van der Waals surface area contributed by atoms with Crippen LogP contribution in [0.5, 0.6) is 11.8 Å². The molecule has 1 aliphatic heterocycles. The zero-order valence-electron chi connectivity index (χ0n) is 14.3. The topological polar surface area (TPSA) is 78.2 Å². The smallest absolute Gasteiger partial charge is 0.316 e. The maximum Gasteiger partial charge on any atom is 0.316 e. The second-order valence-electron chi connectivity index (χ2n) is 6.09. The molecule has 1 fully saturated rings. The SMILES string of the molecule is COc1cnc(OC2CCCN(c3ncnc4c3ccn4C)C2)nc1. The predicted molar refractivity (Wildman–Crippen MR) is 93.0 cm³/mol. The van der Waals surface area contributed by atoms with E-state index < -0.39 is 0 Å². The summed E-state index contributed by atoms with van der Waals surface area (Å²) in [6, 6.07) is 2.43. The molecule has 4 heterocycles. The highest BCUT2D eigenvalue weighted by atomic mass is 16.5. The average Bonchev–Trinajstić information content (AvgIpc) is 3.04. The first-order chi connectivity index (χ1) is 12.2. The molecule has 3 aromatic heterocycles. The summed E-state index contributed by atoms with van der Waals surface area (Å²) < 4.78 is 13.0. The fourth-order valence-electron chi connectivity index (χ4n) is 3.16. The molecule has 8 nitrogen and oxygen atoms in total. The highest BCUT2D eigenvalue weighted by Gasteiger charge is 2.24. The van der Waals surface area contributed by atoms with Gasteiger partial charge in [-0.15, -0.1) is 0 Å². The number of methoxy groups -OCH3 is 1. The third kappa shape index (κ3) is 3.07. The van der Waals surface area contributed by atoms with Gasteiger partial charge in [0.1, 0.15) is 23.9 Å². The summed E-state index contributed by atoms with van der Waals surface area (Å²) in [4.78, 5) is 19.5. The lowest BCUT2D eigenvalue weighted by atomic mass is 10.1. The van der Waals surface area contributed by atoms with Gasteiger partial charge in [-0.1, -0.05) is 0 Å². The Bertz CT molecular complexity index is 863. The van der Waals surface area contributed by atoms with Gasteiger partial charge >= 0.3 is 6.01 Å². The Labute approximate surface area is 145 Å². The van der Waals surface area contributed by atoms with Crippen molar-refractivity contribution in [1.29, 1.82) is 0 Å². The predicted octanol–water partition coefficient (Wildman–Crippen LogP) is 1.81. The molecule has 4 rings (SSSR count). The molecule has 1 aliphatic rings. The zero-order chi connectivity index (χ0) is 17.2. The highest BCUT2D eigenvalue weighted by Crippen LogP contribution is 2.27. The summed E-state index contributed by atoms with van der Waals surface area (Å²) in [5.74, 6) is 1.57. The van der Waals surface area contributed by atoms with E-state index in [0.717, 1.165) is 42.8 Å². The van der Waals surface area contributed by atoms with Gasteiger partial charge in [0.05, 0.1) is 31.4 Å². The first-order valence-electron chi connectivity index (χ1n) is 8.28. The van der Waals surface area contributed by atoms with E-state index in [1.165, 1.54) is 0 Å². The number of hydrogen-bond acceptors (Lipinski definition) is 7. The van der Waals surface area contributed by atoms with Crippen LogP contribution >= 0.6 is 0 Å². The number of ether oxygens (including phenoxy) is 2. The third-order valence-corrected chi connectivity index (χ3v) is 4.43. The van der Waals surface area contributed by atoms with Gasteiger partial charge in [0.15, 0.2) is 5.75 Å². The van der Waals surface area contributed by atoms with Crippen molar-refractivity contribution in [2.45, 2.75) is 18.9 Å². The van der Waals surface area contributed by atoms with Crippen LogP contribution in [0.2, 0.25) is 0 Å². The highest BCUT2D eigenvalue weighted by molar-refractivity contribution is 5.87. The fourth-order valence-corrected chi connectivity index (χ4v) is 3.16. The number of nitrogens with zero attached hydrogens (tertiary/aromatic N) is 6. The lowest BCUT2D eigenvalue weighted by Gasteiger charge is -2.33. The summed E-state index contributed by atoms with van der Waals surface area (Å²) in [6.07, 6.45) is 8.87. The number of anilines is 1. The summed E-state index contributed by atoms with van der Waals surface area (Å²) in [7, 11) is 3.58. The molecule has 8 heteroatoms. The van der Waals surface area contributed by atoms with Gasteiger partial charge in [-0.05, 0) is 18.9 Å². The van der Waals surface area contributed by atoms with E-state index in [0.29, 0.717) is 11.8 Å². The molecule has 0 radical (unpaired) electrons. The van der Waals surface area contributed by atoms with E-state index in [1.54, 1.807) is 25.8 Å². The van der Waals surface area contributed by atoms with E-state index in [9.17, 15) is 0 Å². The van der Waals surface area contributed by atoms with Gasteiger partial charge < -0.3 is 18.9 Å². The number of fused-ring (bicyclic) bond motifs is 1. The van der Waals surface area contributed by atoms with E-state index in [2.05, 4.69) is 30.9 Å². The lowest BCUT2D eigenvalue weighted by Crippen LogP contribution is -2.41. The molecule has 0 N–H and O–H groups in total. The van der Waals surface area contributed by atoms with Gasteiger partial charge in [0, 0.05) is 19.8 Å². The van der Waals surface area contributed by atoms with Crippen molar-refractivity contribution in [3.05, 3.63) is 31.0 Å². The summed E-state index contributed by atoms with van der Waals surface area (Å²) in [6.45, 7) is 1.70. The number of aryl methyl sites for hydroxylation is 1. The first-order valence-corrected chi connectivity index (χ1v) is 8.28. The van der Waals surface area contributed by atoms with Crippen LogP contribution < -0.4 is 14.4 Å². The Hall–Kier alpha value is -2.90. The van der Waals surface area contributed by atoms with E-state index >= 15 is 0 Å². The minimum absolute atomic E-state index is 0.0240. The molecular weight excluding hydrogens is 320 g/mol. The molecule has 130 valence electrons. The molecule has 0 spiro atoms. The van der Waals surface area contributed by atoms with Crippen molar-refractivity contribution in [2.75, 3.05) is 25.1 Å². The van der Waals surface area contributed by atoms with Crippen LogP contribution in [0.3, 0.4) is 0 Å². The Morgan fingerprint density at radius 3 is 2.80 bits per heavy atom. The summed E-state index contributed by atoms with van der Waals surface area (Å²) in [5.41, 5.74) is 0.937. The van der Waals surface area contributed by atoms with Crippen LogP contribution in [-0.4, -0.2) is 50.8 Å². The van der Waals surface area contributed by atoms with Gasteiger partial charge in [0.25, 0.3) is 0 Å². The standard InChI is InChI=1S/C17H20N6O2/c1-22-7-5-14-15(22)20-11-21-16(14)23-6-3-4-12(10-23)25-17-18-8-13(24-2)9-19-17/h5,7-9,11-12H,3-4,6,10H2,1-2H3. The molecule has 0 bridgehead atoms. The van der Waals surface area contributed by atoms with Crippen LogP contribution in [0.15, 0.2) is 31.0 Å². The number of hydrogen-bond donors (Lipinski definition) is 0. The second-order valence-corrected chi connectivity index (χ2v) is 6.09. The van der Waals surface area contributed by atoms with E-state index in [-0.39, 0.29) is 6.10 Å². The van der Waals surface area contributed by atoms with Crippen LogP contribution in [0.4, 0.5) is 5.82 Å². The minimum atomic E-state index is 0.0240. The van der Waals surface area contributed by atoms with E-state index in [1.807, 2.05) is 17.8 Å². The second kappa shape index (κ2) is 6.54. The van der Waals surface area contributed by atoms with Crippen LogP contribution in [0, 0.1) is 0 Å². The Kier molecular flexibility index (Phi) is 4.09. The molecule has 0 amide bonds.